The van der Waals surface area contributed by atoms with E-state index in [0.717, 1.165) is 43.5 Å². The van der Waals surface area contributed by atoms with Gasteiger partial charge in [-0.2, -0.15) is 5.10 Å². The molecule has 3 aromatic carbocycles. The third-order valence-corrected chi connectivity index (χ3v) is 6.74. The second kappa shape index (κ2) is 8.02. The minimum Gasteiger partial charge on any atom is -0.321 e. The molecule has 2 heterocycles. The number of amides is 1. The van der Waals surface area contributed by atoms with Gasteiger partial charge in [0, 0.05) is 20.8 Å². The van der Waals surface area contributed by atoms with Crippen LogP contribution in [0.4, 0.5) is 5.69 Å². The maximum Gasteiger partial charge on any atom is 0.266 e. The minimum absolute atomic E-state index is 0.124. The van der Waals surface area contributed by atoms with Crippen LogP contribution in [0.1, 0.15) is 26.5 Å². The Morgan fingerprint density at radius 1 is 1.03 bits per heavy atom. The van der Waals surface area contributed by atoms with E-state index in [2.05, 4.69) is 15.5 Å². The standard InChI is InChI=1S/C25H18ClN3OS/c1-15-19-14-17(26)11-13-23(19)31-24(15)25(30)27-20-8-4-2-6-16(20)10-12-22-18-7-3-5-9-21(18)28-29-22/h2-14H,1H3,(H,27,30)(H,28,29)/b12-10+. The van der Waals surface area contributed by atoms with Gasteiger partial charge in [-0.3, -0.25) is 9.89 Å². The molecule has 0 atom stereocenters. The van der Waals surface area contributed by atoms with E-state index in [-0.39, 0.29) is 5.91 Å². The van der Waals surface area contributed by atoms with Gasteiger partial charge in [-0.25, -0.2) is 0 Å². The first-order valence-electron chi connectivity index (χ1n) is 9.80. The molecule has 5 rings (SSSR count). The van der Waals surface area contributed by atoms with E-state index in [4.69, 9.17) is 11.6 Å². The molecule has 0 fully saturated rings. The second-order valence-electron chi connectivity index (χ2n) is 7.23. The Bertz CT molecular complexity index is 1460. The zero-order chi connectivity index (χ0) is 21.4. The molecule has 2 aromatic heterocycles. The highest BCUT2D eigenvalue weighted by atomic mass is 35.5. The fourth-order valence-electron chi connectivity index (χ4n) is 3.63. The molecule has 0 aliphatic rings. The minimum atomic E-state index is -0.124. The summed E-state index contributed by atoms with van der Waals surface area (Å²) in [6.45, 7) is 1.96. The fraction of sp³-hybridized carbons (Fsp3) is 0.0400. The van der Waals surface area contributed by atoms with E-state index < -0.39 is 0 Å². The third kappa shape index (κ3) is 3.74. The van der Waals surface area contributed by atoms with Crippen LogP contribution in [0, 0.1) is 6.92 Å². The highest BCUT2D eigenvalue weighted by Crippen LogP contribution is 2.33. The molecular formula is C25H18ClN3OS. The summed E-state index contributed by atoms with van der Waals surface area (Å²) in [4.78, 5) is 13.8. The van der Waals surface area contributed by atoms with Gasteiger partial charge in [0.15, 0.2) is 0 Å². The van der Waals surface area contributed by atoms with Crippen molar-refractivity contribution in [1.82, 2.24) is 10.2 Å². The number of hydrogen-bond acceptors (Lipinski definition) is 3. The topological polar surface area (TPSA) is 57.8 Å². The van der Waals surface area contributed by atoms with Crippen molar-refractivity contribution in [1.29, 1.82) is 0 Å². The molecule has 0 unspecified atom stereocenters. The Labute approximate surface area is 188 Å². The maximum atomic E-state index is 13.1. The van der Waals surface area contributed by atoms with Crippen molar-refractivity contribution >= 4 is 67.7 Å². The Morgan fingerprint density at radius 2 is 1.84 bits per heavy atom. The number of H-pyrrole nitrogens is 1. The van der Waals surface area contributed by atoms with E-state index in [0.29, 0.717) is 9.90 Å². The van der Waals surface area contributed by atoms with Crippen LogP contribution in [0.25, 0.3) is 33.1 Å². The van der Waals surface area contributed by atoms with Gasteiger partial charge in [-0.15, -0.1) is 11.3 Å². The van der Waals surface area contributed by atoms with Crippen molar-refractivity contribution in [3.63, 3.8) is 0 Å². The molecule has 5 aromatic rings. The van der Waals surface area contributed by atoms with Gasteiger partial charge in [0.05, 0.1) is 16.1 Å². The number of aryl methyl sites for hydroxylation is 1. The largest absolute Gasteiger partial charge is 0.321 e. The summed E-state index contributed by atoms with van der Waals surface area (Å²) >= 11 is 7.61. The number of carbonyl (C=O) groups excluding carboxylic acids is 1. The lowest BCUT2D eigenvalue weighted by molar-refractivity contribution is 0.103. The predicted octanol–water partition coefficient (Wildman–Crippen LogP) is 7.16. The molecule has 4 nitrogen and oxygen atoms in total. The molecule has 6 heteroatoms. The Kier molecular flexibility index (Phi) is 5.06. The number of nitrogens with one attached hydrogen (secondary N) is 2. The number of para-hydroxylation sites is 2. The van der Waals surface area contributed by atoms with Crippen LogP contribution >= 0.6 is 22.9 Å². The number of aromatic nitrogens is 2. The van der Waals surface area contributed by atoms with Crippen molar-refractivity contribution in [2.45, 2.75) is 6.92 Å². The molecule has 0 bridgehead atoms. The Morgan fingerprint density at radius 3 is 2.74 bits per heavy atom. The van der Waals surface area contributed by atoms with E-state index >= 15 is 0 Å². The SMILES string of the molecule is Cc1c(C(=O)Nc2ccccc2/C=C/c2n[nH]c3ccccc23)sc2ccc(Cl)cc12. The molecule has 152 valence electrons. The first kappa shape index (κ1) is 19.5. The van der Waals surface area contributed by atoms with Crippen molar-refractivity contribution in [3.8, 4) is 0 Å². The van der Waals surface area contributed by atoms with Gasteiger partial charge in [-0.05, 0) is 59.8 Å². The van der Waals surface area contributed by atoms with Gasteiger partial charge >= 0.3 is 0 Å². The summed E-state index contributed by atoms with van der Waals surface area (Å²) in [5.74, 6) is -0.124. The number of nitrogens with zero attached hydrogens (tertiary/aromatic N) is 1. The van der Waals surface area contributed by atoms with Crippen LogP contribution in [0.15, 0.2) is 66.7 Å². The summed E-state index contributed by atoms with van der Waals surface area (Å²) < 4.78 is 1.05. The Balaban J connectivity index is 1.44. The van der Waals surface area contributed by atoms with Gasteiger partial charge in [0.1, 0.15) is 0 Å². The fourth-order valence-corrected chi connectivity index (χ4v) is 4.88. The number of halogens is 1. The second-order valence-corrected chi connectivity index (χ2v) is 8.71. The molecule has 0 saturated heterocycles. The summed E-state index contributed by atoms with van der Waals surface area (Å²) in [5.41, 5.74) is 4.44. The number of aromatic amines is 1. The van der Waals surface area contributed by atoms with Gasteiger partial charge in [0.25, 0.3) is 5.91 Å². The first-order chi connectivity index (χ1) is 15.1. The van der Waals surface area contributed by atoms with Crippen LogP contribution in [0.2, 0.25) is 5.02 Å². The Hall–Kier alpha value is -3.41. The van der Waals surface area contributed by atoms with Crippen LogP contribution < -0.4 is 5.32 Å². The summed E-state index contributed by atoms with van der Waals surface area (Å²) in [6, 6.07) is 21.4. The van der Waals surface area contributed by atoms with Crippen molar-refractivity contribution < 1.29 is 4.79 Å². The zero-order valence-corrected chi connectivity index (χ0v) is 18.2. The molecule has 2 N–H and O–H groups in total. The number of anilines is 1. The molecule has 0 aliphatic heterocycles. The number of thiophene rings is 1. The highest BCUT2D eigenvalue weighted by molar-refractivity contribution is 7.21. The number of fused-ring (bicyclic) bond motifs is 2. The lowest BCUT2D eigenvalue weighted by Crippen LogP contribution is -2.12. The van der Waals surface area contributed by atoms with E-state index in [1.807, 2.05) is 85.8 Å². The molecule has 0 aliphatic carbocycles. The van der Waals surface area contributed by atoms with Crippen molar-refractivity contribution in [3.05, 3.63) is 93.5 Å². The molecule has 0 saturated carbocycles. The van der Waals surface area contributed by atoms with E-state index in [1.165, 1.54) is 11.3 Å². The van der Waals surface area contributed by atoms with Gasteiger partial charge in [-0.1, -0.05) is 54.1 Å². The normalized spacial score (nSPS) is 11.5. The van der Waals surface area contributed by atoms with Crippen LogP contribution in [-0.4, -0.2) is 16.1 Å². The van der Waals surface area contributed by atoms with Gasteiger partial charge < -0.3 is 5.32 Å². The zero-order valence-electron chi connectivity index (χ0n) is 16.6. The molecule has 1 amide bonds. The quantitative estimate of drug-likeness (QED) is 0.309. The highest BCUT2D eigenvalue weighted by Gasteiger charge is 2.16. The lowest BCUT2D eigenvalue weighted by Gasteiger charge is -2.08. The number of benzene rings is 3. The summed E-state index contributed by atoms with van der Waals surface area (Å²) in [6.07, 6.45) is 3.92. The lowest BCUT2D eigenvalue weighted by atomic mass is 10.1. The van der Waals surface area contributed by atoms with Crippen LogP contribution in [0.5, 0.6) is 0 Å². The number of hydrogen-bond donors (Lipinski definition) is 2. The first-order valence-corrected chi connectivity index (χ1v) is 11.0. The predicted molar refractivity (Wildman–Crippen MR) is 131 cm³/mol. The average molecular weight is 444 g/mol. The molecule has 0 radical (unpaired) electrons. The van der Waals surface area contributed by atoms with E-state index in [1.54, 1.807) is 0 Å². The molecule has 0 spiro atoms. The maximum absolute atomic E-state index is 13.1. The number of carbonyl (C=O) groups is 1. The average Bonchev–Trinajstić information content (AvgIpc) is 3.34. The van der Waals surface area contributed by atoms with Gasteiger partial charge in [0.2, 0.25) is 0 Å². The van der Waals surface area contributed by atoms with Crippen molar-refractivity contribution in [2.75, 3.05) is 5.32 Å². The number of rotatable bonds is 4. The molecule has 31 heavy (non-hydrogen) atoms. The van der Waals surface area contributed by atoms with E-state index in [9.17, 15) is 4.79 Å². The monoisotopic (exact) mass is 443 g/mol. The van der Waals surface area contributed by atoms with Crippen LogP contribution in [0.3, 0.4) is 0 Å². The summed E-state index contributed by atoms with van der Waals surface area (Å²) in [7, 11) is 0. The van der Waals surface area contributed by atoms with Crippen LogP contribution in [-0.2, 0) is 0 Å². The third-order valence-electron chi connectivity index (χ3n) is 5.23. The summed E-state index contributed by atoms with van der Waals surface area (Å²) in [5, 5.41) is 13.2. The smallest absolute Gasteiger partial charge is 0.266 e. The molecular weight excluding hydrogens is 426 g/mol. The van der Waals surface area contributed by atoms with Crippen molar-refractivity contribution in [2.24, 2.45) is 0 Å².